The highest BCUT2D eigenvalue weighted by molar-refractivity contribution is 6.17. The molecule has 0 saturated heterocycles. The lowest BCUT2D eigenvalue weighted by Crippen LogP contribution is -2.13. The molecule has 1 aromatic heterocycles. The fraction of sp³-hybridized carbons (Fsp3) is 0.179. The van der Waals surface area contributed by atoms with Crippen molar-refractivity contribution in [2.24, 2.45) is 0 Å². The number of benzene rings is 3. The van der Waals surface area contributed by atoms with E-state index in [9.17, 15) is 4.79 Å². The Morgan fingerprint density at radius 3 is 2.38 bits per heavy atom. The average molecular weight is 458 g/mol. The highest BCUT2D eigenvalue weighted by Crippen LogP contribution is 2.37. The lowest BCUT2D eigenvalue weighted by Gasteiger charge is -2.12. The number of carbonyl (C=O) groups is 1. The predicted octanol–water partition coefficient (Wildman–Crippen LogP) is 6.63. The summed E-state index contributed by atoms with van der Waals surface area (Å²) in [6, 6.07) is 18.4. The van der Waals surface area contributed by atoms with Crippen LogP contribution in [0.1, 0.15) is 22.8 Å². The Bertz CT molecular complexity index is 1350. The zero-order valence-electron chi connectivity index (χ0n) is 19.7. The number of hydrogen-bond acceptors (Lipinski definition) is 5. The van der Waals surface area contributed by atoms with Gasteiger partial charge in [0.25, 0.3) is 5.91 Å². The summed E-state index contributed by atoms with van der Waals surface area (Å²) >= 11 is 0. The van der Waals surface area contributed by atoms with Crippen molar-refractivity contribution in [3.63, 3.8) is 0 Å². The molecule has 0 aliphatic carbocycles. The number of aryl methyl sites for hydroxylation is 1. The number of methoxy groups -OCH3 is 2. The largest absolute Gasteiger partial charge is 0.497 e. The molecule has 4 aromatic rings. The van der Waals surface area contributed by atoms with Crippen molar-refractivity contribution in [2.45, 2.75) is 13.8 Å². The summed E-state index contributed by atoms with van der Waals surface area (Å²) in [5, 5.41) is 3.64. The number of carbonyl (C=O) groups excluding carboxylic acids is 1. The molecule has 3 aromatic carbocycles. The monoisotopic (exact) mass is 457 g/mol. The van der Waals surface area contributed by atoms with Gasteiger partial charge in [-0.15, -0.1) is 0 Å². The standard InChI is InChI=1S/C28H27NO5/c1-17(2)16-33-21-11-13-24-22(15-21)26(27(34-24)19-7-9-20(31-4)10-8-19)28(30)29-23-14-18(3)6-12-25(23)32-5/h6-15H,1,16H2,2-5H3,(H,29,30). The second-order valence-corrected chi connectivity index (χ2v) is 8.10. The summed E-state index contributed by atoms with van der Waals surface area (Å²) in [4.78, 5) is 13.7. The van der Waals surface area contributed by atoms with Crippen molar-refractivity contribution >= 4 is 22.6 Å². The summed E-state index contributed by atoms with van der Waals surface area (Å²) in [6.45, 7) is 8.11. The molecule has 0 aliphatic rings. The summed E-state index contributed by atoms with van der Waals surface area (Å²) < 4.78 is 22.7. The Balaban J connectivity index is 1.83. The molecule has 1 amide bonds. The van der Waals surface area contributed by atoms with Crippen LogP contribution in [0.3, 0.4) is 0 Å². The molecule has 0 saturated carbocycles. The van der Waals surface area contributed by atoms with E-state index in [2.05, 4.69) is 11.9 Å². The molecule has 0 spiro atoms. The van der Waals surface area contributed by atoms with Gasteiger partial charge >= 0.3 is 0 Å². The van der Waals surface area contributed by atoms with Crippen molar-refractivity contribution in [1.82, 2.24) is 0 Å². The van der Waals surface area contributed by atoms with Crippen LogP contribution in [0.4, 0.5) is 5.69 Å². The molecular formula is C28H27NO5. The fourth-order valence-electron chi connectivity index (χ4n) is 3.65. The van der Waals surface area contributed by atoms with Crippen LogP contribution >= 0.6 is 0 Å². The summed E-state index contributed by atoms with van der Waals surface area (Å²) in [5.74, 6) is 2.05. The summed E-state index contributed by atoms with van der Waals surface area (Å²) in [7, 11) is 3.18. The van der Waals surface area contributed by atoms with E-state index < -0.39 is 0 Å². The maximum Gasteiger partial charge on any atom is 0.260 e. The van der Waals surface area contributed by atoms with Gasteiger partial charge in [-0.25, -0.2) is 0 Å². The third-order valence-corrected chi connectivity index (χ3v) is 5.33. The number of fused-ring (bicyclic) bond motifs is 1. The maximum atomic E-state index is 13.7. The van der Waals surface area contributed by atoms with E-state index in [0.29, 0.717) is 51.8 Å². The van der Waals surface area contributed by atoms with Gasteiger partial charge in [0.05, 0.1) is 25.5 Å². The Morgan fingerprint density at radius 1 is 0.971 bits per heavy atom. The molecular weight excluding hydrogens is 430 g/mol. The van der Waals surface area contributed by atoms with Crippen LogP contribution in [0.25, 0.3) is 22.3 Å². The molecule has 34 heavy (non-hydrogen) atoms. The number of nitrogens with one attached hydrogen (secondary N) is 1. The topological polar surface area (TPSA) is 69.9 Å². The highest BCUT2D eigenvalue weighted by atomic mass is 16.5. The Morgan fingerprint density at radius 2 is 1.71 bits per heavy atom. The van der Waals surface area contributed by atoms with Gasteiger partial charge in [-0.2, -0.15) is 0 Å². The van der Waals surface area contributed by atoms with Gasteiger partial charge in [-0.3, -0.25) is 4.79 Å². The normalized spacial score (nSPS) is 10.7. The number of ether oxygens (including phenoxy) is 3. The minimum Gasteiger partial charge on any atom is -0.497 e. The van der Waals surface area contributed by atoms with E-state index in [4.69, 9.17) is 18.6 Å². The van der Waals surface area contributed by atoms with Crippen LogP contribution in [0.5, 0.6) is 17.2 Å². The van der Waals surface area contributed by atoms with Crippen LogP contribution in [0.2, 0.25) is 0 Å². The lowest BCUT2D eigenvalue weighted by molar-refractivity contribution is 0.102. The molecule has 1 N–H and O–H groups in total. The first-order valence-electron chi connectivity index (χ1n) is 10.8. The number of amides is 1. The third-order valence-electron chi connectivity index (χ3n) is 5.33. The van der Waals surface area contributed by atoms with Gasteiger partial charge in [-0.05, 0) is 79.6 Å². The highest BCUT2D eigenvalue weighted by Gasteiger charge is 2.24. The van der Waals surface area contributed by atoms with E-state index in [1.165, 1.54) is 0 Å². The molecule has 0 bridgehead atoms. The molecule has 4 rings (SSSR count). The Labute approximate surface area is 198 Å². The molecule has 0 radical (unpaired) electrons. The summed E-state index contributed by atoms with van der Waals surface area (Å²) in [5.41, 5.74) is 4.22. The molecule has 0 aliphatic heterocycles. The molecule has 1 heterocycles. The van der Waals surface area contributed by atoms with Gasteiger partial charge in [0, 0.05) is 10.9 Å². The van der Waals surface area contributed by atoms with Crippen LogP contribution < -0.4 is 19.5 Å². The van der Waals surface area contributed by atoms with Crippen LogP contribution in [0, 0.1) is 6.92 Å². The SMILES string of the molecule is C=C(C)COc1ccc2oc(-c3ccc(OC)cc3)c(C(=O)Nc3cc(C)ccc3OC)c2c1. The Kier molecular flexibility index (Phi) is 6.59. The summed E-state index contributed by atoms with van der Waals surface area (Å²) in [6.07, 6.45) is 0. The zero-order chi connectivity index (χ0) is 24.2. The lowest BCUT2D eigenvalue weighted by atomic mass is 10.0. The maximum absolute atomic E-state index is 13.7. The Hall–Kier alpha value is -4.19. The third kappa shape index (κ3) is 4.76. The number of anilines is 1. The van der Waals surface area contributed by atoms with Crippen molar-refractivity contribution < 1.29 is 23.4 Å². The van der Waals surface area contributed by atoms with E-state index in [-0.39, 0.29) is 5.91 Å². The number of furan rings is 1. The first-order chi connectivity index (χ1) is 16.4. The van der Waals surface area contributed by atoms with Crippen molar-refractivity contribution in [3.05, 3.63) is 83.9 Å². The molecule has 6 nitrogen and oxygen atoms in total. The average Bonchev–Trinajstić information content (AvgIpc) is 3.22. The molecule has 174 valence electrons. The molecule has 0 atom stereocenters. The van der Waals surface area contributed by atoms with Crippen molar-refractivity contribution in [3.8, 4) is 28.6 Å². The second kappa shape index (κ2) is 9.75. The van der Waals surface area contributed by atoms with Crippen molar-refractivity contribution in [2.75, 3.05) is 26.1 Å². The smallest absolute Gasteiger partial charge is 0.260 e. The van der Waals surface area contributed by atoms with Crippen molar-refractivity contribution in [1.29, 1.82) is 0 Å². The van der Waals surface area contributed by atoms with Crippen LogP contribution in [-0.2, 0) is 0 Å². The fourth-order valence-corrected chi connectivity index (χ4v) is 3.65. The van der Waals surface area contributed by atoms with Gasteiger partial charge in [0.2, 0.25) is 0 Å². The van der Waals surface area contributed by atoms with Crippen LogP contribution in [0.15, 0.2) is 77.2 Å². The minimum absolute atomic E-state index is 0.314. The predicted molar refractivity (Wildman–Crippen MR) is 134 cm³/mol. The van der Waals surface area contributed by atoms with E-state index in [1.54, 1.807) is 20.3 Å². The minimum atomic E-state index is -0.314. The molecule has 6 heteroatoms. The first kappa shape index (κ1) is 23.0. The van der Waals surface area contributed by atoms with Gasteiger partial charge in [-0.1, -0.05) is 12.6 Å². The zero-order valence-corrected chi connectivity index (χ0v) is 19.7. The second-order valence-electron chi connectivity index (χ2n) is 8.10. The van der Waals surface area contributed by atoms with Gasteiger partial charge < -0.3 is 23.9 Å². The van der Waals surface area contributed by atoms with Gasteiger partial charge in [0.1, 0.15) is 35.2 Å². The quantitative estimate of drug-likeness (QED) is 0.301. The van der Waals surface area contributed by atoms with Gasteiger partial charge in [0.15, 0.2) is 0 Å². The number of rotatable bonds is 8. The first-order valence-corrected chi connectivity index (χ1v) is 10.8. The number of hydrogen-bond donors (Lipinski definition) is 1. The van der Waals surface area contributed by atoms with E-state index in [0.717, 1.165) is 16.7 Å². The van der Waals surface area contributed by atoms with E-state index >= 15 is 0 Å². The molecule has 0 unspecified atom stereocenters. The molecule has 0 fully saturated rings. The van der Waals surface area contributed by atoms with Crippen LogP contribution in [-0.4, -0.2) is 26.7 Å². The van der Waals surface area contributed by atoms with E-state index in [1.807, 2.05) is 68.4 Å².